The maximum Gasteiger partial charge on any atom is 1.00 e. The van der Waals surface area contributed by atoms with Gasteiger partial charge in [-0.1, -0.05) is 60.7 Å². The number of hydrogen-bond donors (Lipinski definition) is 2. The molecule has 106 valence electrons. The van der Waals surface area contributed by atoms with Crippen molar-refractivity contribution >= 4 is 11.9 Å². The van der Waals surface area contributed by atoms with Gasteiger partial charge in [0.25, 0.3) is 5.91 Å². The van der Waals surface area contributed by atoms with Crippen LogP contribution in [0.15, 0.2) is 60.7 Å². The van der Waals surface area contributed by atoms with Gasteiger partial charge in [0.2, 0.25) is 0 Å². The van der Waals surface area contributed by atoms with Crippen LogP contribution < -0.4 is 64.4 Å². The van der Waals surface area contributed by atoms with E-state index in [0.29, 0.717) is 11.1 Å². The molecule has 0 atom stereocenters. The molecule has 1 aliphatic rings. The van der Waals surface area contributed by atoms with Gasteiger partial charge >= 0.3 is 65.1 Å². The average Bonchev–Trinajstić information content (AvgIpc) is 2.80. The zero-order valence-electron chi connectivity index (χ0n) is 13.2. The van der Waals surface area contributed by atoms with E-state index in [1.54, 1.807) is 48.5 Å². The molecule has 0 bridgehead atoms. The van der Waals surface area contributed by atoms with Crippen LogP contribution >= 0.6 is 0 Å². The van der Waals surface area contributed by atoms with Crippen LogP contribution in [0.1, 0.15) is 11.1 Å². The van der Waals surface area contributed by atoms with E-state index in [-0.39, 0.29) is 59.1 Å². The van der Waals surface area contributed by atoms with Crippen molar-refractivity contribution in [3.05, 3.63) is 71.8 Å². The minimum atomic E-state index is -1.29. The first kappa shape index (κ1) is 20.4. The Morgan fingerprint density at radius 3 is 1.65 bits per heavy atom. The second-order valence-corrected chi connectivity index (χ2v) is 4.79. The summed E-state index contributed by atoms with van der Waals surface area (Å²) in [5, 5.41) is 12.0. The van der Waals surface area contributed by atoms with E-state index in [9.17, 15) is 14.7 Å². The van der Waals surface area contributed by atoms with E-state index in [1.165, 1.54) is 0 Å². The van der Waals surface area contributed by atoms with Crippen LogP contribution in [-0.4, -0.2) is 28.7 Å². The number of nitrogens with one attached hydrogen (secondary N) is 1. The predicted octanol–water partition coefficient (Wildman–Crippen LogP) is -4.56. The maximum atomic E-state index is 12.8. The van der Waals surface area contributed by atoms with Crippen molar-refractivity contribution in [3.63, 3.8) is 0 Å². The van der Waals surface area contributed by atoms with E-state index < -0.39 is 24.2 Å². The second-order valence-electron chi connectivity index (χ2n) is 4.79. The summed E-state index contributed by atoms with van der Waals surface area (Å²) in [7, 11) is 0. The molecule has 0 radical (unpaired) electrons. The quantitative estimate of drug-likeness (QED) is 0.440. The van der Waals surface area contributed by atoms with Crippen molar-refractivity contribution in [1.29, 1.82) is 0 Å². The van der Waals surface area contributed by atoms with Gasteiger partial charge in [-0.25, -0.2) is 9.69 Å². The molecule has 1 heterocycles. The fourth-order valence-corrected chi connectivity index (χ4v) is 2.64. The van der Waals surface area contributed by atoms with Crippen molar-refractivity contribution in [3.8, 4) is 0 Å². The molecule has 0 aromatic heterocycles. The summed E-state index contributed by atoms with van der Waals surface area (Å²) in [5.74, 6) is -0.479. The molecule has 23 heavy (non-hydrogen) atoms. The summed E-state index contributed by atoms with van der Waals surface area (Å²) in [5.41, 5.74) is 0.0264. The van der Waals surface area contributed by atoms with Crippen molar-refractivity contribution in [1.82, 2.24) is 10.2 Å². The number of carbonyl (C=O) groups is 2. The maximum absolute atomic E-state index is 12.8. The number of benzene rings is 2. The van der Waals surface area contributed by atoms with Gasteiger partial charge in [-0.2, -0.15) is 0 Å². The number of urea groups is 1. The molecule has 3 amide bonds. The first-order valence-electron chi connectivity index (χ1n) is 6.56. The van der Waals surface area contributed by atoms with E-state index in [4.69, 9.17) is 0 Å². The minimum Gasteiger partial charge on any atom is -0.376 e. The van der Waals surface area contributed by atoms with Crippen LogP contribution in [0.4, 0.5) is 4.79 Å². The first-order valence-corrected chi connectivity index (χ1v) is 6.56. The Kier molecular flexibility index (Phi) is 7.48. The third-order valence-corrected chi connectivity index (χ3v) is 3.66. The average molecular weight is 328 g/mol. The van der Waals surface area contributed by atoms with Crippen molar-refractivity contribution < 1.29 is 73.8 Å². The van der Waals surface area contributed by atoms with E-state index >= 15 is 0 Å². The van der Waals surface area contributed by atoms with Gasteiger partial charge in [-0.15, -0.1) is 0 Å². The Labute approximate surface area is 178 Å². The molecular weight excluding hydrogens is 314 g/mol. The fraction of sp³-hybridized carbons (Fsp3) is 0.125. The Balaban J connectivity index is 0.00000132. The molecule has 3 rings (SSSR count). The molecule has 0 aliphatic carbocycles. The number of carbonyl (C=O) groups excluding carboxylic acids is 2. The molecular formula is C16H14N2Na2O3+2. The third kappa shape index (κ3) is 3.42. The standard InChI is InChI=1S/C16H14N2O3.2Na/c19-11-18-14(20)16(17-15(18)21,12-7-3-1-4-8-12)13-9-5-2-6-10-13;;/h1-10,19H,11H2,(H,17,21);;/q;2*+1. The van der Waals surface area contributed by atoms with Crippen LogP contribution in [-0.2, 0) is 10.3 Å². The first-order chi connectivity index (χ1) is 10.2. The third-order valence-electron chi connectivity index (χ3n) is 3.66. The van der Waals surface area contributed by atoms with Gasteiger partial charge in [0, 0.05) is 0 Å². The molecule has 0 spiro atoms. The van der Waals surface area contributed by atoms with Gasteiger partial charge in [0.05, 0.1) is 0 Å². The van der Waals surface area contributed by atoms with Crippen LogP contribution in [0.25, 0.3) is 0 Å². The van der Waals surface area contributed by atoms with E-state index in [2.05, 4.69) is 5.32 Å². The normalized spacial score (nSPS) is 15.4. The van der Waals surface area contributed by atoms with Crippen LogP contribution in [0.2, 0.25) is 0 Å². The summed E-state index contributed by atoms with van der Waals surface area (Å²) in [6.45, 7) is -0.647. The molecule has 7 heteroatoms. The van der Waals surface area contributed by atoms with E-state index in [0.717, 1.165) is 4.90 Å². The van der Waals surface area contributed by atoms with Gasteiger partial charge in [0.1, 0.15) is 6.73 Å². The smallest absolute Gasteiger partial charge is 0.376 e. The van der Waals surface area contributed by atoms with Crippen molar-refractivity contribution in [2.24, 2.45) is 0 Å². The molecule has 0 unspecified atom stereocenters. The van der Waals surface area contributed by atoms with Crippen molar-refractivity contribution in [2.75, 3.05) is 6.73 Å². The summed E-state index contributed by atoms with van der Waals surface area (Å²) in [4.78, 5) is 25.6. The van der Waals surface area contributed by atoms with E-state index in [1.807, 2.05) is 12.1 Å². The number of imide groups is 1. The van der Waals surface area contributed by atoms with Crippen LogP contribution in [0, 0.1) is 0 Å². The number of nitrogens with zero attached hydrogens (tertiary/aromatic N) is 1. The van der Waals surface area contributed by atoms with Crippen molar-refractivity contribution in [2.45, 2.75) is 5.54 Å². The summed E-state index contributed by atoms with van der Waals surface area (Å²) in [6, 6.07) is 17.4. The Bertz CT molecular complexity index is 641. The Hall–Kier alpha value is -0.660. The number of rotatable bonds is 3. The molecule has 1 fully saturated rings. The number of aliphatic hydroxyl groups is 1. The molecule has 2 aromatic carbocycles. The Morgan fingerprint density at radius 1 is 0.870 bits per heavy atom. The largest absolute Gasteiger partial charge is 1.00 e. The number of hydrogen-bond acceptors (Lipinski definition) is 3. The second kappa shape index (κ2) is 8.44. The molecule has 5 nitrogen and oxygen atoms in total. The van der Waals surface area contributed by atoms with Gasteiger partial charge in [-0.3, -0.25) is 4.79 Å². The summed E-state index contributed by atoms with van der Waals surface area (Å²) in [6.07, 6.45) is 0. The molecule has 1 aliphatic heterocycles. The molecule has 2 aromatic rings. The van der Waals surface area contributed by atoms with Gasteiger partial charge in [-0.05, 0) is 11.1 Å². The predicted molar refractivity (Wildman–Crippen MR) is 76.1 cm³/mol. The SMILES string of the molecule is O=C1NC(c2ccccc2)(c2ccccc2)C(=O)N1CO.[Na+].[Na+]. The van der Waals surface area contributed by atoms with Crippen LogP contribution in [0.3, 0.4) is 0 Å². The van der Waals surface area contributed by atoms with Crippen LogP contribution in [0.5, 0.6) is 0 Å². The molecule has 2 N–H and O–H groups in total. The van der Waals surface area contributed by atoms with Gasteiger partial charge < -0.3 is 10.4 Å². The zero-order valence-corrected chi connectivity index (χ0v) is 17.2. The molecule has 1 saturated heterocycles. The number of amides is 3. The minimum absolute atomic E-state index is 0. The fourth-order valence-electron chi connectivity index (χ4n) is 2.64. The molecule has 0 saturated carbocycles. The zero-order chi connectivity index (χ0) is 14.9. The topological polar surface area (TPSA) is 69.6 Å². The monoisotopic (exact) mass is 328 g/mol. The summed E-state index contributed by atoms with van der Waals surface area (Å²) >= 11 is 0. The Morgan fingerprint density at radius 2 is 1.30 bits per heavy atom. The number of aliphatic hydroxyl groups excluding tert-OH is 1. The summed E-state index contributed by atoms with van der Waals surface area (Å²) < 4.78 is 0. The van der Waals surface area contributed by atoms with Gasteiger partial charge in [0.15, 0.2) is 5.54 Å².